The first-order valence-electron chi connectivity index (χ1n) is 6.23. The van der Waals surface area contributed by atoms with Crippen LogP contribution >= 0.6 is 0 Å². The Bertz CT molecular complexity index is 389. The third-order valence-electron chi connectivity index (χ3n) is 2.46. The number of rotatable bonds is 9. The van der Waals surface area contributed by atoms with E-state index in [0.717, 1.165) is 0 Å². The topological polar surface area (TPSA) is 74.2 Å². The number of ether oxygens (including phenoxy) is 4. The van der Waals surface area contributed by atoms with Gasteiger partial charge in [-0.15, -0.1) is 0 Å². The Hall–Kier alpha value is -1.63. The highest BCUT2D eigenvalue weighted by molar-refractivity contribution is 5.89. The van der Waals surface area contributed by atoms with Gasteiger partial charge in [0.25, 0.3) is 0 Å². The number of hydrogen-bond acceptors (Lipinski definition) is 6. The SMILES string of the molecule is COCCOCC(O)COc1ccc(C(=O)OC)cc1. The third-order valence-corrected chi connectivity index (χ3v) is 2.46. The first-order chi connectivity index (χ1) is 9.67. The van der Waals surface area contributed by atoms with E-state index in [1.165, 1.54) is 7.11 Å². The standard InChI is InChI=1S/C14H20O6/c1-17-7-8-19-9-12(15)10-20-13-5-3-11(4-6-13)14(16)18-2/h3-6,12,15H,7-10H2,1-2H3. The van der Waals surface area contributed by atoms with E-state index >= 15 is 0 Å². The normalized spacial score (nSPS) is 11.9. The van der Waals surface area contributed by atoms with Crippen molar-refractivity contribution in [3.8, 4) is 5.75 Å². The summed E-state index contributed by atoms with van der Waals surface area (Å²) >= 11 is 0. The molecule has 6 nitrogen and oxygen atoms in total. The average Bonchev–Trinajstić information content (AvgIpc) is 2.49. The van der Waals surface area contributed by atoms with Gasteiger partial charge in [0, 0.05) is 7.11 Å². The fourth-order valence-electron chi connectivity index (χ4n) is 1.41. The lowest BCUT2D eigenvalue weighted by atomic mass is 10.2. The van der Waals surface area contributed by atoms with Crippen LogP contribution in [0.15, 0.2) is 24.3 Å². The summed E-state index contributed by atoms with van der Waals surface area (Å²) in [6.45, 7) is 1.22. The van der Waals surface area contributed by atoms with Gasteiger partial charge in [0.05, 0.1) is 32.5 Å². The van der Waals surface area contributed by atoms with E-state index in [1.54, 1.807) is 31.4 Å². The second-order valence-corrected chi connectivity index (χ2v) is 4.05. The molecule has 0 aliphatic heterocycles. The van der Waals surface area contributed by atoms with Crippen molar-refractivity contribution < 1.29 is 28.8 Å². The zero-order chi connectivity index (χ0) is 14.8. The zero-order valence-corrected chi connectivity index (χ0v) is 11.7. The van der Waals surface area contributed by atoms with E-state index in [1.807, 2.05) is 0 Å². The molecule has 0 bridgehead atoms. The maximum atomic E-state index is 11.2. The first-order valence-corrected chi connectivity index (χ1v) is 6.23. The molecule has 0 aromatic heterocycles. The van der Waals surface area contributed by atoms with Crippen LogP contribution in [0.1, 0.15) is 10.4 Å². The lowest BCUT2D eigenvalue weighted by molar-refractivity contribution is -0.00419. The van der Waals surface area contributed by atoms with E-state index < -0.39 is 12.1 Å². The Labute approximate surface area is 118 Å². The predicted molar refractivity (Wildman–Crippen MR) is 72.0 cm³/mol. The fourth-order valence-corrected chi connectivity index (χ4v) is 1.41. The highest BCUT2D eigenvalue weighted by Gasteiger charge is 2.07. The lowest BCUT2D eigenvalue weighted by Gasteiger charge is -2.12. The highest BCUT2D eigenvalue weighted by atomic mass is 16.5. The van der Waals surface area contributed by atoms with Gasteiger partial charge in [0.2, 0.25) is 0 Å². The van der Waals surface area contributed by atoms with Crippen molar-refractivity contribution >= 4 is 5.97 Å². The molecule has 0 aliphatic rings. The number of carbonyl (C=O) groups is 1. The molecule has 1 atom stereocenters. The quantitative estimate of drug-likeness (QED) is 0.536. The van der Waals surface area contributed by atoms with Crippen LogP contribution in [0, 0.1) is 0 Å². The molecule has 0 heterocycles. The summed E-state index contributed by atoms with van der Waals surface area (Å²) in [5.41, 5.74) is 0.447. The number of hydrogen-bond donors (Lipinski definition) is 1. The highest BCUT2D eigenvalue weighted by Crippen LogP contribution is 2.13. The van der Waals surface area contributed by atoms with E-state index in [9.17, 15) is 9.90 Å². The molecule has 0 saturated carbocycles. The molecule has 1 unspecified atom stereocenters. The summed E-state index contributed by atoms with van der Waals surface area (Å²) in [6.07, 6.45) is -0.716. The van der Waals surface area contributed by atoms with Crippen LogP contribution in [0.25, 0.3) is 0 Å². The number of esters is 1. The van der Waals surface area contributed by atoms with Crippen molar-refractivity contribution in [3.63, 3.8) is 0 Å². The van der Waals surface area contributed by atoms with Crippen LogP contribution in [0.3, 0.4) is 0 Å². The van der Waals surface area contributed by atoms with Gasteiger partial charge in [-0.3, -0.25) is 0 Å². The molecule has 0 fully saturated rings. The van der Waals surface area contributed by atoms with Crippen molar-refractivity contribution in [1.82, 2.24) is 0 Å². The van der Waals surface area contributed by atoms with Crippen molar-refractivity contribution in [3.05, 3.63) is 29.8 Å². The Morgan fingerprint density at radius 3 is 2.45 bits per heavy atom. The smallest absolute Gasteiger partial charge is 0.337 e. The number of aliphatic hydroxyl groups excluding tert-OH is 1. The fraction of sp³-hybridized carbons (Fsp3) is 0.500. The van der Waals surface area contributed by atoms with E-state index in [2.05, 4.69) is 4.74 Å². The van der Waals surface area contributed by atoms with Crippen molar-refractivity contribution in [2.75, 3.05) is 40.6 Å². The number of benzene rings is 1. The Kier molecular flexibility index (Phi) is 7.64. The monoisotopic (exact) mass is 284 g/mol. The van der Waals surface area contributed by atoms with E-state index in [-0.39, 0.29) is 13.2 Å². The molecule has 1 aromatic carbocycles. The molecule has 1 rings (SSSR count). The van der Waals surface area contributed by atoms with Crippen molar-refractivity contribution in [2.24, 2.45) is 0 Å². The Balaban J connectivity index is 2.29. The number of carbonyl (C=O) groups excluding carboxylic acids is 1. The molecule has 6 heteroatoms. The van der Waals surface area contributed by atoms with Gasteiger partial charge in [0.1, 0.15) is 18.5 Å². The molecule has 0 spiro atoms. The lowest BCUT2D eigenvalue weighted by Crippen LogP contribution is -2.24. The van der Waals surface area contributed by atoms with Gasteiger partial charge in [-0.1, -0.05) is 0 Å². The van der Waals surface area contributed by atoms with Gasteiger partial charge in [-0.25, -0.2) is 4.79 Å². The summed E-state index contributed by atoms with van der Waals surface area (Å²) in [6, 6.07) is 6.49. The van der Waals surface area contributed by atoms with Crippen LogP contribution < -0.4 is 4.74 Å². The summed E-state index contributed by atoms with van der Waals surface area (Å²) in [4.78, 5) is 11.2. The molecule has 0 amide bonds. The summed E-state index contributed by atoms with van der Waals surface area (Å²) in [5, 5.41) is 9.63. The molecule has 20 heavy (non-hydrogen) atoms. The van der Waals surface area contributed by atoms with Crippen LogP contribution in [-0.4, -0.2) is 57.8 Å². The molecule has 0 saturated heterocycles. The number of aliphatic hydroxyl groups is 1. The largest absolute Gasteiger partial charge is 0.491 e. The molecular weight excluding hydrogens is 264 g/mol. The number of methoxy groups -OCH3 is 2. The Morgan fingerprint density at radius 1 is 1.15 bits per heavy atom. The second kappa shape index (κ2) is 9.30. The maximum Gasteiger partial charge on any atom is 0.337 e. The first kappa shape index (κ1) is 16.4. The Morgan fingerprint density at radius 2 is 1.85 bits per heavy atom. The third kappa shape index (κ3) is 6.01. The van der Waals surface area contributed by atoms with Gasteiger partial charge in [-0.2, -0.15) is 0 Å². The van der Waals surface area contributed by atoms with Crippen LogP contribution in [0.5, 0.6) is 5.75 Å². The molecule has 0 aliphatic carbocycles. The van der Waals surface area contributed by atoms with Gasteiger partial charge < -0.3 is 24.1 Å². The van der Waals surface area contributed by atoms with Crippen molar-refractivity contribution in [1.29, 1.82) is 0 Å². The van der Waals surface area contributed by atoms with Crippen LogP contribution in [-0.2, 0) is 14.2 Å². The summed E-state index contributed by atoms with van der Waals surface area (Å²) in [5.74, 6) is 0.164. The molecular formula is C14H20O6. The minimum Gasteiger partial charge on any atom is -0.491 e. The zero-order valence-electron chi connectivity index (χ0n) is 11.7. The van der Waals surface area contributed by atoms with Gasteiger partial charge >= 0.3 is 5.97 Å². The summed E-state index contributed by atoms with van der Waals surface area (Å²) in [7, 11) is 2.91. The second-order valence-electron chi connectivity index (χ2n) is 4.05. The van der Waals surface area contributed by atoms with Crippen molar-refractivity contribution in [2.45, 2.75) is 6.10 Å². The minimum absolute atomic E-state index is 0.116. The predicted octanol–water partition coefficient (Wildman–Crippen LogP) is 0.876. The minimum atomic E-state index is -0.716. The van der Waals surface area contributed by atoms with E-state index in [4.69, 9.17) is 14.2 Å². The molecule has 112 valence electrons. The maximum absolute atomic E-state index is 11.2. The molecule has 1 N–H and O–H groups in total. The average molecular weight is 284 g/mol. The summed E-state index contributed by atoms with van der Waals surface area (Å²) < 4.78 is 20.0. The van der Waals surface area contributed by atoms with Gasteiger partial charge in [-0.05, 0) is 24.3 Å². The molecule has 0 radical (unpaired) electrons. The van der Waals surface area contributed by atoms with Gasteiger partial charge in [0.15, 0.2) is 0 Å². The van der Waals surface area contributed by atoms with E-state index in [0.29, 0.717) is 24.5 Å². The van der Waals surface area contributed by atoms with Crippen LogP contribution in [0.4, 0.5) is 0 Å². The molecule has 1 aromatic rings. The van der Waals surface area contributed by atoms with Crippen LogP contribution in [0.2, 0.25) is 0 Å².